The lowest BCUT2D eigenvalue weighted by atomic mass is 10.1. The molecule has 0 aliphatic rings. The molecule has 0 aliphatic heterocycles. The van der Waals surface area contributed by atoms with Crippen LogP contribution in [0.25, 0.3) is 10.9 Å². The van der Waals surface area contributed by atoms with E-state index in [1.807, 2.05) is 61.5 Å². The van der Waals surface area contributed by atoms with E-state index in [9.17, 15) is 9.90 Å². The maximum atomic E-state index is 12.4. The Kier molecular flexibility index (Phi) is 5.56. The minimum atomic E-state index is -0.411. The van der Waals surface area contributed by atoms with Crippen molar-refractivity contribution >= 4 is 35.2 Å². The number of nitrogens with zero attached hydrogens (tertiary/aromatic N) is 3. The number of aromatic hydroxyl groups is 1. The van der Waals surface area contributed by atoms with Crippen molar-refractivity contribution in [3.05, 3.63) is 81.8 Å². The lowest BCUT2D eigenvalue weighted by Gasteiger charge is -2.09. The molecular formula is C20H18ClN5O2. The topological polar surface area (TPSA) is 104 Å². The molecule has 142 valence electrons. The van der Waals surface area contributed by atoms with Crippen LogP contribution in [0.1, 0.15) is 16.8 Å². The Labute approximate surface area is 166 Å². The predicted octanol–water partition coefficient (Wildman–Crippen LogP) is 3.48. The minimum Gasteiger partial charge on any atom is -0.493 e. The van der Waals surface area contributed by atoms with Crippen LogP contribution in [-0.4, -0.2) is 25.0 Å². The molecule has 0 saturated carbocycles. The van der Waals surface area contributed by atoms with Gasteiger partial charge < -0.3 is 5.11 Å². The maximum Gasteiger partial charge on any atom is 0.259 e. The van der Waals surface area contributed by atoms with Crippen molar-refractivity contribution in [3.63, 3.8) is 0 Å². The van der Waals surface area contributed by atoms with Gasteiger partial charge in [0.05, 0.1) is 16.8 Å². The van der Waals surface area contributed by atoms with Crippen LogP contribution in [0.15, 0.2) is 59.4 Å². The number of aromatic amines is 1. The van der Waals surface area contributed by atoms with Gasteiger partial charge in [-0.3, -0.25) is 15.1 Å². The van der Waals surface area contributed by atoms with Crippen molar-refractivity contribution < 1.29 is 5.11 Å². The molecule has 28 heavy (non-hydrogen) atoms. The molecule has 0 amide bonds. The van der Waals surface area contributed by atoms with Crippen LogP contribution in [0.5, 0.6) is 5.88 Å². The predicted molar refractivity (Wildman–Crippen MR) is 111 cm³/mol. The fraction of sp³-hybridized carbons (Fsp3) is 0.100. The molecule has 2 heterocycles. The SMILES string of the molecule is Cc1nc(Nc2nc(O)c(Cc3ccccc3)c(=O)[nH]2)nc2ccccc12.Cl. The van der Waals surface area contributed by atoms with Gasteiger partial charge in [0.1, 0.15) is 0 Å². The van der Waals surface area contributed by atoms with Crippen LogP contribution in [0, 0.1) is 6.92 Å². The first-order chi connectivity index (χ1) is 13.1. The van der Waals surface area contributed by atoms with Crippen molar-refractivity contribution in [1.82, 2.24) is 19.9 Å². The second kappa shape index (κ2) is 8.06. The lowest BCUT2D eigenvalue weighted by Crippen LogP contribution is -2.17. The summed E-state index contributed by atoms with van der Waals surface area (Å²) in [5.74, 6) is 0.0659. The van der Waals surface area contributed by atoms with Crippen LogP contribution < -0.4 is 10.9 Å². The van der Waals surface area contributed by atoms with Crippen LogP contribution >= 0.6 is 12.4 Å². The summed E-state index contributed by atoms with van der Waals surface area (Å²) in [6.07, 6.45) is 0.293. The summed E-state index contributed by atoms with van der Waals surface area (Å²) in [5.41, 5.74) is 2.29. The van der Waals surface area contributed by atoms with Crippen molar-refractivity contribution in [3.8, 4) is 5.88 Å². The molecular weight excluding hydrogens is 378 g/mol. The van der Waals surface area contributed by atoms with E-state index in [2.05, 4.69) is 25.3 Å². The van der Waals surface area contributed by atoms with Crippen LogP contribution in [-0.2, 0) is 6.42 Å². The highest BCUT2D eigenvalue weighted by molar-refractivity contribution is 5.85. The Bertz CT molecular complexity index is 1180. The average molecular weight is 396 g/mol. The number of hydrogen-bond acceptors (Lipinski definition) is 6. The number of anilines is 2. The van der Waals surface area contributed by atoms with Gasteiger partial charge in [-0.15, -0.1) is 12.4 Å². The van der Waals surface area contributed by atoms with Gasteiger partial charge in [-0.25, -0.2) is 9.97 Å². The Morgan fingerprint density at radius 3 is 2.46 bits per heavy atom. The first-order valence-electron chi connectivity index (χ1n) is 8.46. The third kappa shape index (κ3) is 3.94. The average Bonchev–Trinajstić information content (AvgIpc) is 2.66. The maximum absolute atomic E-state index is 12.4. The minimum absolute atomic E-state index is 0. The number of aryl methyl sites for hydroxylation is 1. The van der Waals surface area contributed by atoms with E-state index in [4.69, 9.17) is 0 Å². The number of H-pyrrole nitrogens is 1. The number of fused-ring (bicyclic) bond motifs is 1. The summed E-state index contributed by atoms with van der Waals surface area (Å²) >= 11 is 0. The first-order valence-corrected chi connectivity index (χ1v) is 8.46. The van der Waals surface area contributed by atoms with Gasteiger partial charge in [0.15, 0.2) is 0 Å². The van der Waals surface area contributed by atoms with E-state index in [0.29, 0.717) is 12.4 Å². The number of nitrogens with one attached hydrogen (secondary N) is 2. The highest BCUT2D eigenvalue weighted by atomic mass is 35.5. The van der Waals surface area contributed by atoms with Gasteiger partial charge >= 0.3 is 0 Å². The fourth-order valence-corrected chi connectivity index (χ4v) is 2.90. The molecule has 0 spiro atoms. The van der Waals surface area contributed by atoms with Gasteiger partial charge in [0.2, 0.25) is 17.8 Å². The molecule has 0 atom stereocenters. The number of rotatable bonds is 4. The summed E-state index contributed by atoms with van der Waals surface area (Å²) in [6, 6.07) is 17.1. The second-order valence-corrected chi connectivity index (χ2v) is 6.15. The number of para-hydroxylation sites is 1. The third-order valence-corrected chi connectivity index (χ3v) is 4.24. The summed E-state index contributed by atoms with van der Waals surface area (Å²) in [6.45, 7) is 1.88. The Hall–Kier alpha value is -3.45. The summed E-state index contributed by atoms with van der Waals surface area (Å²) in [4.78, 5) is 27.9. The quantitative estimate of drug-likeness (QED) is 0.488. The Morgan fingerprint density at radius 1 is 1.00 bits per heavy atom. The van der Waals surface area contributed by atoms with E-state index in [1.165, 1.54) is 0 Å². The zero-order valence-electron chi connectivity index (χ0n) is 15.0. The van der Waals surface area contributed by atoms with E-state index in [0.717, 1.165) is 22.2 Å². The van der Waals surface area contributed by atoms with Crippen molar-refractivity contribution in [2.24, 2.45) is 0 Å². The third-order valence-electron chi connectivity index (χ3n) is 4.24. The van der Waals surface area contributed by atoms with Crippen molar-refractivity contribution in [2.75, 3.05) is 5.32 Å². The van der Waals surface area contributed by atoms with Gasteiger partial charge in [-0.05, 0) is 18.6 Å². The van der Waals surface area contributed by atoms with Gasteiger partial charge in [-0.2, -0.15) is 4.98 Å². The molecule has 0 radical (unpaired) electrons. The normalized spacial score (nSPS) is 10.5. The molecule has 0 aliphatic carbocycles. The summed E-state index contributed by atoms with van der Waals surface area (Å²) < 4.78 is 0. The van der Waals surface area contributed by atoms with E-state index in [1.54, 1.807) is 0 Å². The molecule has 8 heteroatoms. The van der Waals surface area contributed by atoms with E-state index < -0.39 is 5.56 Å². The molecule has 3 N–H and O–H groups in total. The monoisotopic (exact) mass is 395 g/mol. The van der Waals surface area contributed by atoms with Crippen molar-refractivity contribution in [2.45, 2.75) is 13.3 Å². The lowest BCUT2D eigenvalue weighted by molar-refractivity contribution is 0.445. The van der Waals surface area contributed by atoms with Gasteiger partial charge in [0, 0.05) is 11.8 Å². The highest BCUT2D eigenvalue weighted by Gasteiger charge is 2.13. The Morgan fingerprint density at radius 2 is 1.71 bits per heavy atom. The van der Waals surface area contributed by atoms with E-state index >= 15 is 0 Å². The van der Waals surface area contributed by atoms with Gasteiger partial charge in [0.25, 0.3) is 5.56 Å². The molecule has 4 aromatic rings. The van der Waals surface area contributed by atoms with Gasteiger partial charge in [-0.1, -0.05) is 48.5 Å². The zero-order chi connectivity index (χ0) is 18.8. The molecule has 0 fully saturated rings. The summed E-state index contributed by atoms with van der Waals surface area (Å²) in [5, 5.41) is 14.0. The molecule has 2 aromatic carbocycles. The van der Waals surface area contributed by atoms with E-state index in [-0.39, 0.29) is 29.8 Å². The molecule has 0 saturated heterocycles. The number of halogens is 1. The van der Waals surface area contributed by atoms with Crippen molar-refractivity contribution in [1.29, 1.82) is 0 Å². The number of hydrogen-bond donors (Lipinski definition) is 3. The molecule has 0 bridgehead atoms. The molecule has 7 nitrogen and oxygen atoms in total. The first kappa shape index (κ1) is 19.3. The Balaban J connectivity index is 0.00000225. The standard InChI is InChI=1S/C20H17N5O2.ClH/c1-12-14-9-5-6-10-16(14)22-19(21-12)25-20-23-17(26)15(18(27)24-20)11-13-7-3-2-4-8-13;/h2-10H,11H2,1H3,(H3,21,22,23,24,25,26,27);1H. The van der Waals surface area contributed by atoms with Crippen LogP contribution in [0.2, 0.25) is 0 Å². The smallest absolute Gasteiger partial charge is 0.259 e. The fourth-order valence-electron chi connectivity index (χ4n) is 2.90. The molecule has 2 aromatic heterocycles. The largest absolute Gasteiger partial charge is 0.493 e. The van der Waals surface area contributed by atoms with Crippen LogP contribution in [0.4, 0.5) is 11.9 Å². The van der Waals surface area contributed by atoms with Crippen LogP contribution in [0.3, 0.4) is 0 Å². The highest BCUT2D eigenvalue weighted by Crippen LogP contribution is 2.20. The number of aromatic nitrogens is 4. The zero-order valence-corrected chi connectivity index (χ0v) is 15.8. The molecule has 0 unspecified atom stereocenters. The molecule has 4 rings (SSSR count). The second-order valence-electron chi connectivity index (χ2n) is 6.15. The summed E-state index contributed by atoms with van der Waals surface area (Å²) in [7, 11) is 0. The number of benzene rings is 2.